The highest BCUT2D eigenvalue weighted by Crippen LogP contribution is 2.62. The van der Waals surface area contributed by atoms with Gasteiger partial charge in [0.2, 0.25) is 5.91 Å². The van der Waals surface area contributed by atoms with Crippen LogP contribution in [0.15, 0.2) is 35.3 Å². The summed E-state index contributed by atoms with van der Waals surface area (Å²) in [6.45, 7) is 1.57. The Bertz CT molecular complexity index is 752. The summed E-state index contributed by atoms with van der Waals surface area (Å²) in [5.41, 5.74) is 1.29. The van der Waals surface area contributed by atoms with Crippen molar-refractivity contribution >= 4 is 41.5 Å². The number of rotatable bonds is 3. The maximum Gasteiger partial charge on any atom is 0.229 e. The lowest BCUT2D eigenvalue weighted by molar-refractivity contribution is -0.171. The Labute approximate surface area is 183 Å². The maximum atomic E-state index is 12.5. The van der Waals surface area contributed by atoms with Crippen LogP contribution in [0.2, 0.25) is 0 Å². The van der Waals surface area contributed by atoms with Crippen LogP contribution in [0, 0.1) is 11.3 Å². The first kappa shape index (κ1) is 19.9. The Morgan fingerprint density at radius 2 is 2.04 bits per heavy atom. The van der Waals surface area contributed by atoms with E-state index in [4.69, 9.17) is 4.74 Å². The summed E-state index contributed by atoms with van der Waals surface area (Å²) in [7, 11) is 1.82. The molecule has 2 heterocycles. The lowest BCUT2D eigenvalue weighted by atomic mass is 9.46. The Morgan fingerprint density at radius 3 is 2.71 bits per heavy atom. The topological polar surface area (TPSA) is 66.0 Å². The molecule has 2 aliphatic carbocycles. The molecule has 4 aliphatic rings. The Hall–Kier alpha value is -1.35. The Kier molecular flexibility index (Phi) is 5.57. The van der Waals surface area contributed by atoms with Crippen LogP contribution in [0.25, 0.3) is 0 Å². The molecule has 2 aliphatic heterocycles. The second-order valence-electron chi connectivity index (χ2n) is 8.41. The quantitative estimate of drug-likeness (QED) is 0.384. The Morgan fingerprint density at radius 1 is 1.25 bits per heavy atom. The molecule has 0 bridgehead atoms. The summed E-state index contributed by atoms with van der Waals surface area (Å²) in [5.74, 6) is 1.59. The van der Waals surface area contributed by atoms with E-state index in [2.05, 4.69) is 15.6 Å². The van der Waals surface area contributed by atoms with Crippen molar-refractivity contribution in [3.63, 3.8) is 0 Å². The van der Waals surface area contributed by atoms with E-state index in [0.717, 1.165) is 24.7 Å². The number of carbonyl (C=O) groups is 1. The zero-order valence-corrected chi connectivity index (χ0v) is 18.6. The molecule has 7 heteroatoms. The van der Waals surface area contributed by atoms with Crippen LogP contribution in [0.1, 0.15) is 32.1 Å². The third-order valence-corrected chi connectivity index (χ3v) is 7.09. The second-order valence-corrected chi connectivity index (χ2v) is 8.41. The van der Waals surface area contributed by atoms with E-state index in [0.29, 0.717) is 36.4 Å². The fourth-order valence-electron chi connectivity index (χ4n) is 5.63. The van der Waals surface area contributed by atoms with Crippen molar-refractivity contribution in [3.8, 4) is 0 Å². The molecule has 152 valence electrons. The fourth-order valence-corrected chi connectivity index (χ4v) is 5.63. The van der Waals surface area contributed by atoms with E-state index in [1.165, 1.54) is 19.3 Å². The predicted molar refractivity (Wildman–Crippen MR) is 120 cm³/mol. The standard InChI is InChI=1S/C21H28N4O2.HI/c1-22-20(24-18-16-8-11-27-19(16)21(18)9-5-10-21)23-14-12-17(26)25(13-14)15-6-3-2-4-7-15;/h2-4,6-7,14,16,18-19H,5,8-13H2,1H3,(H2,22,23,24);1H. The summed E-state index contributed by atoms with van der Waals surface area (Å²) in [6.07, 6.45) is 5.91. The van der Waals surface area contributed by atoms with Crippen molar-refractivity contribution in [1.29, 1.82) is 0 Å². The van der Waals surface area contributed by atoms with Gasteiger partial charge in [0.25, 0.3) is 0 Å². The van der Waals surface area contributed by atoms with Gasteiger partial charge in [0, 0.05) is 49.7 Å². The van der Waals surface area contributed by atoms with E-state index in [1.807, 2.05) is 42.3 Å². The maximum absolute atomic E-state index is 12.5. The number of benzene rings is 1. The van der Waals surface area contributed by atoms with Gasteiger partial charge in [-0.05, 0) is 31.4 Å². The summed E-state index contributed by atoms with van der Waals surface area (Å²) in [4.78, 5) is 18.8. The minimum Gasteiger partial charge on any atom is -0.377 e. The molecule has 2 saturated heterocycles. The molecule has 6 nitrogen and oxygen atoms in total. The third kappa shape index (κ3) is 3.10. The van der Waals surface area contributed by atoms with Gasteiger partial charge in [0.1, 0.15) is 0 Å². The average molecular weight is 496 g/mol. The van der Waals surface area contributed by atoms with Crippen molar-refractivity contribution in [1.82, 2.24) is 10.6 Å². The minimum atomic E-state index is 0. The number of para-hydroxylation sites is 1. The highest BCUT2D eigenvalue weighted by atomic mass is 127. The predicted octanol–water partition coefficient (Wildman–Crippen LogP) is 2.53. The first-order valence-electron chi connectivity index (χ1n) is 10.2. The number of nitrogens with zero attached hydrogens (tertiary/aromatic N) is 2. The van der Waals surface area contributed by atoms with Gasteiger partial charge in [-0.3, -0.25) is 9.79 Å². The number of halogens is 1. The molecule has 0 aromatic heterocycles. The molecule has 28 heavy (non-hydrogen) atoms. The number of hydrogen-bond acceptors (Lipinski definition) is 3. The lowest BCUT2D eigenvalue weighted by Gasteiger charge is -2.63. The number of anilines is 1. The van der Waals surface area contributed by atoms with Crippen LogP contribution >= 0.6 is 24.0 Å². The number of amides is 1. The van der Waals surface area contributed by atoms with Gasteiger partial charge in [0.05, 0.1) is 12.1 Å². The van der Waals surface area contributed by atoms with E-state index >= 15 is 0 Å². The number of nitrogens with one attached hydrogen (secondary N) is 2. The fraction of sp³-hybridized carbons (Fsp3) is 0.619. The zero-order valence-electron chi connectivity index (χ0n) is 16.3. The van der Waals surface area contributed by atoms with Gasteiger partial charge < -0.3 is 20.3 Å². The molecule has 4 atom stereocenters. The highest BCUT2D eigenvalue weighted by molar-refractivity contribution is 14.0. The monoisotopic (exact) mass is 496 g/mol. The Balaban J connectivity index is 0.00000192. The van der Waals surface area contributed by atoms with Crippen molar-refractivity contribution in [2.24, 2.45) is 16.3 Å². The molecular weight excluding hydrogens is 467 g/mol. The minimum absolute atomic E-state index is 0. The van der Waals surface area contributed by atoms with Gasteiger partial charge in [-0.1, -0.05) is 24.6 Å². The third-order valence-electron chi connectivity index (χ3n) is 7.09. The highest BCUT2D eigenvalue weighted by Gasteiger charge is 2.66. The van der Waals surface area contributed by atoms with Crippen molar-refractivity contribution in [2.75, 3.05) is 25.1 Å². The molecule has 4 fully saturated rings. The van der Waals surface area contributed by atoms with Crippen LogP contribution < -0.4 is 15.5 Å². The van der Waals surface area contributed by atoms with Gasteiger partial charge in [-0.15, -0.1) is 24.0 Å². The molecule has 5 rings (SSSR count). The lowest BCUT2D eigenvalue weighted by Crippen LogP contribution is -2.72. The van der Waals surface area contributed by atoms with Crippen LogP contribution in [0.4, 0.5) is 5.69 Å². The zero-order chi connectivity index (χ0) is 18.4. The molecule has 4 unspecified atom stereocenters. The summed E-state index contributed by atoms with van der Waals surface area (Å²) in [6, 6.07) is 10.4. The first-order chi connectivity index (χ1) is 13.2. The molecule has 1 spiro atoms. The molecular formula is C21H29IN4O2. The molecule has 0 radical (unpaired) electrons. The molecule has 2 N–H and O–H groups in total. The van der Waals surface area contributed by atoms with Crippen LogP contribution in [0.3, 0.4) is 0 Å². The number of aliphatic imine (C=N–C) groups is 1. The number of carbonyl (C=O) groups excluding carboxylic acids is 1. The molecule has 1 aromatic rings. The van der Waals surface area contributed by atoms with Crippen molar-refractivity contribution in [2.45, 2.75) is 50.3 Å². The van der Waals surface area contributed by atoms with Gasteiger partial charge in [-0.2, -0.15) is 0 Å². The number of ether oxygens (including phenoxy) is 1. The normalized spacial score (nSPS) is 33.0. The van der Waals surface area contributed by atoms with Gasteiger partial charge in [-0.25, -0.2) is 0 Å². The number of guanidine groups is 1. The SMILES string of the molecule is CN=C(NC1CC(=O)N(c2ccccc2)C1)NC1C2CCOC2C12CCC2.I. The van der Waals surface area contributed by atoms with Crippen LogP contribution in [-0.2, 0) is 9.53 Å². The van der Waals surface area contributed by atoms with Gasteiger partial charge >= 0.3 is 0 Å². The summed E-state index contributed by atoms with van der Waals surface area (Å²) in [5, 5.41) is 7.19. The molecule has 1 amide bonds. The van der Waals surface area contributed by atoms with Crippen molar-refractivity contribution in [3.05, 3.63) is 30.3 Å². The largest absolute Gasteiger partial charge is 0.377 e. The van der Waals surface area contributed by atoms with E-state index in [1.54, 1.807) is 0 Å². The van der Waals surface area contributed by atoms with E-state index in [-0.39, 0.29) is 35.9 Å². The molecule has 1 aromatic carbocycles. The first-order valence-corrected chi connectivity index (χ1v) is 10.2. The smallest absolute Gasteiger partial charge is 0.229 e. The summed E-state index contributed by atoms with van der Waals surface area (Å²) >= 11 is 0. The average Bonchev–Trinajstić information content (AvgIpc) is 3.22. The summed E-state index contributed by atoms with van der Waals surface area (Å²) < 4.78 is 6.01. The molecule has 2 saturated carbocycles. The van der Waals surface area contributed by atoms with E-state index < -0.39 is 0 Å². The number of hydrogen-bond donors (Lipinski definition) is 2. The van der Waals surface area contributed by atoms with E-state index in [9.17, 15) is 4.79 Å². The van der Waals surface area contributed by atoms with Crippen LogP contribution in [0.5, 0.6) is 0 Å². The number of fused-ring (bicyclic) bond motifs is 2. The van der Waals surface area contributed by atoms with Gasteiger partial charge in [0.15, 0.2) is 5.96 Å². The van der Waals surface area contributed by atoms with Crippen molar-refractivity contribution < 1.29 is 9.53 Å². The second kappa shape index (κ2) is 7.82. The van der Waals surface area contributed by atoms with Crippen LogP contribution in [-0.4, -0.2) is 50.3 Å².